The highest BCUT2D eigenvalue weighted by molar-refractivity contribution is 5.95. The summed E-state index contributed by atoms with van der Waals surface area (Å²) < 4.78 is 5.28. The lowest BCUT2D eigenvalue weighted by Crippen LogP contribution is -2.52. The third-order valence-corrected chi connectivity index (χ3v) is 4.73. The smallest absolute Gasteiger partial charge is 0.319 e. The number of methoxy groups -OCH3 is 1. The van der Waals surface area contributed by atoms with Crippen molar-refractivity contribution >= 4 is 11.9 Å². The lowest BCUT2D eigenvalue weighted by Gasteiger charge is -2.36. The Bertz CT molecular complexity index is 827. The van der Waals surface area contributed by atoms with E-state index >= 15 is 0 Å². The molecule has 0 atom stereocenters. The molecule has 0 radical (unpaired) electrons. The monoisotopic (exact) mass is 367 g/mol. The van der Waals surface area contributed by atoms with Crippen LogP contribution < -0.4 is 4.74 Å². The maximum Gasteiger partial charge on any atom is 0.319 e. The molecule has 3 amide bonds. The molecule has 1 aliphatic rings. The Labute approximate surface area is 159 Å². The van der Waals surface area contributed by atoms with Crippen LogP contribution in [0.25, 0.3) is 11.1 Å². The van der Waals surface area contributed by atoms with Crippen LogP contribution >= 0.6 is 0 Å². The van der Waals surface area contributed by atoms with E-state index in [0.717, 1.165) is 16.9 Å². The van der Waals surface area contributed by atoms with E-state index in [-0.39, 0.29) is 11.9 Å². The molecular formula is C21H25N3O3. The van der Waals surface area contributed by atoms with Gasteiger partial charge in [-0.2, -0.15) is 0 Å². The maximum absolute atomic E-state index is 12.9. The van der Waals surface area contributed by atoms with Crippen LogP contribution in [0, 0.1) is 0 Å². The van der Waals surface area contributed by atoms with Gasteiger partial charge in [-0.25, -0.2) is 4.79 Å². The molecule has 0 aliphatic carbocycles. The Morgan fingerprint density at radius 3 is 2.11 bits per heavy atom. The topological polar surface area (TPSA) is 53.1 Å². The van der Waals surface area contributed by atoms with Crippen molar-refractivity contribution in [3.63, 3.8) is 0 Å². The molecule has 6 nitrogen and oxygen atoms in total. The summed E-state index contributed by atoms with van der Waals surface area (Å²) in [4.78, 5) is 30.1. The summed E-state index contributed by atoms with van der Waals surface area (Å²) in [5.74, 6) is 0.780. The summed E-state index contributed by atoms with van der Waals surface area (Å²) in [5.41, 5.74) is 2.63. The fourth-order valence-corrected chi connectivity index (χ4v) is 3.20. The minimum atomic E-state index is -0.0119. The van der Waals surface area contributed by atoms with Crippen LogP contribution in [0.5, 0.6) is 5.75 Å². The van der Waals surface area contributed by atoms with Crippen molar-refractivity contribution in [3.8, 4) is 16.9 Å². The number of amides is 3. The number of urea groups is 1. The average Bonchev–Trinajstić information content (AvgIpc) is 2.73. The SMILES string of the molecule is COc1cccc(-c2cccc(C(=O)N3CCN(C(=O)N(C)C)CC3)c2)c1. The van der Waals surface area contributed by atoms with E-state index < -0.39 is 0 Å². The number of carbonyl (C=O) groups excluding carboxylic acids is 2. The Hall–Kier alpha value is -3.02. The predicted molar refractivity (Wildman–Crippen MR) is 105 cm³/mol. The Morgan fingerprint density at radius 1 is 0.889 bits per heavy atom. The van der Waals surface area contributed by atoms with E-state index in [1.807, 2.05) is 53.4 Å². The fraction of sp³-hybridized carbons (Fsp3) is 0.333. The standard InChI is InChI=1S/C21H25N3O3/c1-22(2)21(26)24-12-10-23(11-13-24)20(25)18-8-4-6-16(14-18)17-7-5-9-19(15-17)27-3/h4-9,14-15H,10-13H2,1-3H3. The molecule has 2 aromatic rings. The van der Waals surface area contributed by atoms with Crippen molar-refractivity contribution in [1.29, 1.82) is 0 Å². The first-order valence-electron chi connectivity index (χ1n) is 8.99. The van der Waals surface area contributed by atoms with E-state index in [2.05, 4.69) is 0 Å². The second-order valence-corrected chi connectivity index (χ2v) is 6.77. The highest BCUT2D eigenvalue weighted by Gasteiger charge is 2.25. The lowest BCUT2D eigenvalue weighted by atomic mass is 10.0. The number of benzene rings is 2. The molecule has 142 valence electrons. The van der Waals surface area contributed by atoms with E-state index in [4.69, 9.17) is 4.74 Å². The van der Waals surface area contributed by atoms with Gasteiger partial charge < -0.3 is 19.4 Å². The van der Waals surface area contributed by atoms with Gasteiger partial charge in [-0.15, -0.1) is 0 Å². The van der Waals surface area contributed by atoms with Gasteiger partial charge in [-0.3, -0.25) is 4.79 Å². The van der Waals surface area contributed by atoms with Gasteiger partial charge in [0.05, 0.1) is 7.11 Å². The largest absolute Gasteiger partial charge is 0.497 e. The first-order chi connectivity index (χ1) is 13.0. The molecule has 2 aromatic carbocycles. The van der Waals surface area contributed by atoms with Crippen LogP contribution in [0.3, 0.4) is 0 Å². The Balaban J connectivity index is 1.72. The summed E-state index contributed by atoms with van der Waals surface area (Å²) in [6.45, 7) is 2.19. The van der Waals surface area contributed by atoms with Crippen molar-refractivity contribution in [2.75, 3.05) is 47.4 Å². The maximum atomic E-state index is 12.9. The van der Waals surface area contributed by atoms with Gasteiger partial charge in [0.25, 0.3) is 5.91 Å². The first-order valence-corrected chi connectivity index (χ1v) is 8.99. The van der Waals surface area contributed by atoms with Crippen LogP contribution in [0.2, 0.25) is 0 Å². The van der Waals surface area contributed by atoms with Crippen molar-refractivity contribution < 1.29 is 14.3 Å². The van der Waals surface area contributed by atoms with Crippen molar-refractivity contribution in [1.82, 2.24) is 14.7 Å². The minimum absolute atomic E-state index is 0.00306. The van der Waals surface area contributed by atoms with Crippen LogP contribution in [-0.2, 0) is 0 Å². The molecule has 0 spiro atoms. The molecule has 1 saturated heterocycles. The normalized spacial score (nSPS) is 14.0. The molecular weight excluding hydrogens is 342 g/mol. The van der Waals surface area contributed by atoms with Gasteiger partial charge in [0, 0.05) is 45.8 Å². The summed E-state index contributed by atoms with van der Waals surface area (Å²) >= 11 is 0. The third-order valence-electron chi connectivity index (χ3n) is 4.73. The van der Waals surface area contributed by atoms with Crippen LogP contribution in [0.15, 0.2) is 48.5 Å². The van der Waals surface area contributed by atoms with Crippen molar-refractivity contribution in [2.24, 2.45) is 0 Å². The van der Waals surface area contributed by atoms with Gasteiger partial charge in [0.15, 0.2) is 0 Å². The zero-order chi connectivity index (χ0) is 19.4. The van der Waals surface area contributed by atoms with Gasteiger partial charge in [0.1, 0.15) is 5.75 Å². The van der Waals surface area contributed by atoms with E-state index in [1.165, 1.54) is 0 Å². The van der Waals surface area contributed by atoms with E-state index in [0.29, 0.717) is 31.7 Å². The molecule has 1 aliphatic heterocycles. The molecule has 1 heterocycles. The summed E-state index contributed by atoms with van der Waals surface area (Å²) in [6, 6.07) is 15.4. The molecule has 1 fully saturated rings. The molecule has 6 heteroatoms. The molecule has 0 unspecified atom stereocenters. The quantitative estimate of drug-likeness (QED) is 0.838. The van der Waals surface area contributed by atoms with Gasteiger partial charge >= 0.3 is 6.03 Å². The van der Waals surface area contributed by atoms with Gasteiger partial charge in [-0.05, 0) is 35.4 Å². The van der Waals surface area contributed by atoms with Gasteiger partial charge in [-0.1, -0.05) is 24.3 Å². The van der Waals surface area contributed by atoms with Gasteiger partial charge in [0.2, 0.25) is 0 Å². The molecule has 0 saturated carbocycles. The Morgan fingerprint density at radius 2 is 1.48 bits per heavy atom. The summed E-state index contributed by atoms with van der Waals surface area (Å²) in [7, 11) is 5.12. The number of piperazine rings is 1. The molecule has 3 rings (SSSR count). The number of hydrogen-bond donors (Lipinski definition) is 0. The predicted octanol–water partition coefficient (Wildman–Crippen LogP) is 2.80. The zero-order valence-corrected chi connectivity index (χ0v) is 16.0. The van der Waals surface area contributed by atoms with Crippen LogP contribution in [-0.4, -0.2) is 74.0 Å². The van der Waals surface area contributed by atoms with Crippen molar-refractivity contribution in [2.45, 2.75) is 0 Å². The zero-order valence-electron chi connectivity index (χ0n) is 16.0. The second kappa shape index (κ2) is 8.12. The number of carbonyl (C=O) groups is 2. The minimum Gasteiger partial charge on any atom is -0.497 e. The fourth-order valence-electron chi connectivity index (χ4n) is 3.20. The summed E-state index contributed by atoms with van der Waals surface area (Å²) in [6.07, 6.45) is 0. The third kappa shape index (κ3) is 4.22. The number of hydrogen-bond acceptors (Lipinski definition) is 3. The van der Waals surface area contributed by atoms with Crippen LogP contribution in [0.1, 0.15) is 10.4 Å². The molecule has 0 N–H and O–H groups in total. The highest BCUT2D eigenvalue weighted by Crippen LogP contribution is 2.25. The first kappa shape index (κ1) is 18.8. The lowest BCUT2D eigenvalue weighted by molar-refractivity contribution is 0.0650. The molecule has 27 heavy (non-hydrogen) atoms. The van der Waals surface area contributed by atoms with E-state index in [1.54, 1.807) is 31.0 Å². The van der Waals surface area contributed by atoms with Crippen molar-refractivity contribution in [3.05, 3.63) is 54.1 Å². The number of nitrogens with zero attached hydrogens (tertiary/aromatic N) is 3. The Kier molecular flexibility index (Phi) is 5.64. The molecule has 0 bridgehead atoms. The van der Waals surface area contributed by atoms with Crippen LogP contribution in [0.4, 0.5) is 4.79 Å². The molecule has 0 aromatic heterocycles. The highest BCUT2D eigenvalue weighted by atomic mass is 16.5. The average molecular weight is 367 g/mol. The second-order valence-electron chi connectivity index (χ2n) is 6.77. The number of ether oxygens (including phenoxy) is 1. The number of rotatable bonds is 3. The van der Waals surface area contributed by atoms with E-state index in [9.17, 15) is 9.59 Å². The summed E-state index contributed by atoms with van der Waals surface area (Å²) in [5, 5.41) is 0.